The van der Waals surface area contributed by atoms with Gasteiger partial charge in [0.15, 0.2) is 11.5 Å². The minimum Gasteiger partial charge on any atom is -0.493 e. The van der Waals surface area contributed by atoms with E-state index in [0.717, 1.165) is 5.56 Å². The normalized spacial score (nSPS) is 11.8. The van der Waals surface area contributed by atoms with Gasteiger partial charge in [0, 0.05) is 0 Å². The van der Waals surface area contributed by atoms with Gasteiger partial charge in [0.05, 0.1) is 20.1 Å². The molecule has 2 aromatic rings. The first-order valence-electron chi connectivity index (χ1n) is 6.74. The van der Waals surface area contributed by atoms with Crippen LogP contribution in [0.4, 0.5) is 4.39 Å². The van der Waals surface area contributed by atoms with Crippen molar-refractivity contribution < 1.29 is 23.8 Å². The fourth-order valence-electron chi connectivity index (χ4n) is 2.29. The molecule has 0 aliphatic carbocycles. The maximum atomic E-state index is 13.0. The van der Waals surface area contributed by atoms with E-state index in [9.17, 15) is 14.3 Å². The Balaban J connectivity index is 2.28. The number of methoxy groups -OCH3 is 2. The third kappa shape index (κ3) is 3.55. The number of aliphatic carboxylic acids is 1. The van der Waals surface area contributed by atoms with Crippen LogP contribution in [0.1, 0.15) is 17.0 Å². The van der Waals surface area contributed by atoms with Gasteiger partial charge in [-0.05, 0) is 41.8 Å². The van der Waals surface area contributed by atoms with Gasteiger partial charge >= 0.3 is 5.97 Å². The van der Waals surface area contributed by atoms with E-state index in [1.165, 1.54) is 38.5 Å². The Bertz CT molecular complexity index is 652. The lowest BCUT2D eigenvalue weighted by Crippen LogP contribution is -2.14. The van der Waals surface area contributed by atoms with Crippen LogP contribution >= 0.6 is 0 Å². The lowest BCUT2D eigenvalue weighted by Gasteiger charge is -2.14. The quantitative estimate of drug-likeness (QED) is 0.890. The monoisotopic (exact) mass is 304 g/mol. The summed E-state index contributed by atoms with van der Waals surface area (Å²) in [5, 5.41) is 9.43. The van der Waals surface area contributed by atoms with Crippen molar-refractivity contribution in [2.24, 2.45) is 0 Å². The van der Waals surface area contributed by atoms with E-state index < -0.39 is 11.9 Å². The van der Waals surface area contributed by atoms with E-state index in [1.54, 1.807) is 18.2 Å². The largest absolute Gasteiger partial charge is 0.493 e. The number of halogens is 1. The van der Waals surface area contributed by atoms with Crippen LogP contribution in [0, 0.1) is 5.82 Å². The maximum absolute atomic E-state index is 13.0. The van der Waals surface area contributed by atoms with Crippen molar-refractivity contribution in [1.29, 1.82) is 0 Å². The number of benzene rings is 2. The maximum Gasteiger partial charge on any atom is 0.311 e. The molecule has 0 aliphatic rings. The molecule has 0 saturated carbocycles. The van der Waals surface area contributed by atoms with Gasteiger partial charge in [0.1, 0.15) is 5.82 Å². The van der Waals surface area contributed by atoms with Crippen LogP contribution < -0.4 is 9.47 Å². The van der Waals surface area contributed by atoms with Gasteiger partial charge in [0.25, 0.3) is 0 Å². The first kappa shape index (κ1) is 15.8. The summed E-state index contributed by atoms with van der Waals surface area (Å²) in [6, 6.07) is 10.8. The zero-order valence-corrected chi connectivity index (χ0v) is 12.4. The molecule has 1 N–H and O–H groups in total. The second-order valence-corrected chi connectivity index (χ2v) is 4.84. The molecular weight excluding hydrogens is 287 g/mol. The first-order valence-corrected chi connectivity index (χ1v) is 6.74. The Labute approximate surface area is 128 Å². The molecule has 5 heteroatoms. The topological polar surface area (TPSA) is 55.8 Å². The zero-order chi connectivity index (χ0) is 16.1. The smallest absolute Gasteiger partial charge is 0.311 e. The molecule has 2 rings (SSSR count). The molecule has 116 valence electrons. The van der Waals surface area contributed by atoms with Gasteiger partial charge < -0.3 is 14.6 Å². The fraction of sp³-hybridized carbons (Fsp3) is 0.235. The molecular formula is C17H17FO4. The lowest BCUT2D eigenvalue weighted by atomic mass is 9.92. The average molecular weight is 304 g/mol. The van der Waals surface area contributed by atoms with Crippen molar-refractivity contribution in [1.82, 2.24) is 0 Å². The summed E-state index contributed by atoms with van der Waals surface area (Å²) in [6.45, 7) is 0. The van der Waals surface area contributed by atoms with Crippen LogP contribution in [0.3, 0.4) is 0 Å². The number of ether oxygens (including phenoxy) is 2. The third-order valence-electron chi connectivity index (χ3n) is 3.46. The van der Waals surface area contributed by atoms with Crippen LogP contribution in [-0.2, 0) is 11.2 Å². The molecule has 22 heavy (non-hydrogen) atoms. The number of hydrogen-bond donors (Lipinski definition) is 1. The summed E-state index contributed by atoms with van der Waals surface area (Å²) in [6.07, 6.45) is 0.279. The second-order valence-electron chi connectivity index (χ2n) is 4.84. The molecule has 0 spiro atoms. The Kier molecular flexibility index (Phi) is 4.99. The van der Waals surface area contributed by atoms with Crippen LogP contribution in [0.5, 0.6) is 11.5 Å². The van der Waals surface area contributed by atoms with Gasteiger partial charge in [0.2, 0.25) is 0 Å². The molecule has 0 fully saturated rings. The molecule has 0 aliphatic heterocycles. The van der Waals surface area contributed by atoms with Gasteiger partial charge in [-0.25, -0.2) is 4.39 Å². The number of hydrogen-bond acceptors (Lipinski definition) is 3. The fourth-order valence-corrected chi connectivity index (χ4v) is 2.29. The minimum absolute atomic E-state index is 0.279. The molecule has 2 aromatic carbocycles. The van der Waals surface area contributed by atoms with Crippen LogP contribution in [0.2, 0.25) is 0 Å². The average Bonchev–Trinajstić information content (AvgIpc) is 2.53. The second kappa shape index (κ2) is 6.93. The highest BCUT2D eigenvalue weighted by Crippen LogP contribution is 2.30. The predicted molar refractivity (Wildman–Crippen MR) is 80.0 cm³/mol. The van der Waals surface area contributed by atoms with E-state index in [4.69, 9.17) is 9.47 Å². The van der Waals surface area contributed by atoms with Crippen molar-refractivity contribution in [3.63, 3.8) is 0 Å². The highest BCUT2D eigenvalue weighted by molar-refractivity contribution is 5.76. The molecule has 1 atom stereocenters. The van der Waals surface area contributed by atoms with E-state index >= 15 is 0 Å². The number of carboxylic acids is 1. The van der Waals surface area contributed by atoms with E-state index in [-0.39, 0.29) is 12.2 Å². The van der Waals surface area contributed by atoms with Gasteiger partial charge in [-0.3, -0.25) is 4.79 Å². The van der Waals surface area contributed by atoms with E-state index in [0.29, 0.717) is 17.1 Å². The third-order valence-corrected chi connectivity index (χ3v) is 3.46. The van der Waals surface area contributed by atoms with Crippen LogP contribution in [0.15, 0.2) is 42.5 Å². The summed E-state index contributed by atoms with van der Waals surface area (Å²) in [5.74, 6) is -0.970. The molecule has 0 saturated heterocycles. The number of carboxylic acid groups (broad SMARTS) is 1. The molecule has 4 nitrogen and oxygen atoms in total. The standard InChI is InChI=1S/C17H17FO4/c1-21-15-8-3-11(10-16(15)22-2)9-14(17(19)20)12-4-6-13(18)7-5-12/h3-8,10,14H,9H2,1-2H3,(H,19,20). The summed E-state index contributed by atoms with van der Waals surface area (Å²) < 4.78 is 23.4. The highest BCUT2D eigenvalue weighted by Gasteiger charge is 2.21. The Morgan fingerprint density at radius 2 is 1.73 bits per heavy atom. The van der Waals surface area contributed by atoms with Crippen molar-refractivity contribution in [3.8, 4) is 11.5 Å². The molecule has 0 radical (unpaired) electrons. The molecule has 0 amide bonds. The van der Waals surface area contributed by atoms with Crippen molar-refractivity contribution in [2.45, 2.75) is 12.3 Å². The summed E-state index contributed by atoms with van der Waals surface area (Å²) in [7, 11) is 3.06. The number of carbonyl (C=O) groups is 1. The van der Waals surface area contributed by atoms with Crippen molar-refractivity contribution in [3.05, 3.63) is 59.4 Å². The highest BCUT2D eigenvalue weighted by atomic mass is 19.1. The van der Waals surface area contributed by atoms with Gasteiger partial charge in [-0.1, -0.05) is 18.2 Å². The first-order chi connectivity index (χ1) is 10.5. The van der Waals surface area contributed by atoms with Gasteiger partial charge in [-0.2, -0.15) is 0 Å². The van der Waals surface area contributed by atoms with Crippen LogP contribution in [-0.4, -0.2) is 25.3 Å². The van der Waals surface area contributed by atoms with Gasteiger partial charge in [-0.15, -0.1) is 0 Å². The number of rotatable bonds is 6. The molecule has 1 unspecified atom stereocenters. The zero-order valence-electron chi connectivity index (χ0n) is 12.4. The minimum atomic E-state index is -0.957. The van der Waals surface area contributed by atoms with Crippen molar-refractivity contribution >= 4 is 5.97 Å². The summed E-state index contributed by atoms with van der Waals surface area (Å²) in [5.41, 5.74) is 1.36. The summed E-state index contributed by atoms with van der Waals surface area (Å²) >= 11 is 0. The van der Waals surface area contributed by atoms with E-state index in [1.807, 2.05) is 0 Å². The van der Waals surface area contributed by atoms with Crippen molar-refractivity contribution in [2.75, 3.05) is 14.2 Å². The molecule has 0 bridgehead atoms. The summed E-state index contributed by atoms with van der Waals surface area (Å²) in [4.78, 5) is 11.5. The predicted octanol–water partition coefficient (Wildman–Crippen LogP) is 3.25. The molecule has 0 aromatic heterocycles. The molecule has 0 heterocycles. The van der Waals surface area contributed by atoms with Crippen LogP contribution in [0.25, 0.3) is 0 Å². The lowest BCUT2D eigenvalue weighted by molar-refractivity contribution is -0.138. The Morgan fingerprint density at radius 1 is 1.09 bits per heavy atom. The van der Waals surface area contributed by atoms with E-state index in [2.05, 4.69) is 0 Å². The Morgan fingerprint density at radius 3 is 2.27 bits per heavy atom. The SMILES string of the molecule is COc1ccc(CC(C(=O)O)c2ccc(F)cc2)cc1OC. The Hall–Kier alpha value is -2.56.